The Morgan fingerprint density at radius 3 is 0.727 bits per heavy atom. The van der Waals surface area contributed by atoms with Crippen molar-refractivity contribution < 1.29 is 62.5 Å². The third-order valence-corrected chi connectivity index (χ3v) is 6.76. The van der Waals surface area contributed by atoms with Crippen LogP contribution >= 0.6 is 30.4 Å². The van der Waals surface area contributed by atoms with Gasteiger partial charge in [-0.15, -0.1) is 0 Å². The summed E-state index contributed by atoms with van der Waals surface area (Å²) in [5, 5.41) is 7.75. The van der Waals surface area contributed by atoms with Crippen LogP contribution in [0.25, 0.3) is 0 Å². The SMILES string of the molecule is NCCO.O=P(O)(O)CP(=O)(O)O.O=P(O)(O)CP(=O)(O)O. The smallest absolute Gasteiger partial charge is 0.337 e. The fourth-order valence-corrected chi connectivity index (χ4v) is 4.32. The lowest BCUT2D eigenvalue weighted by Crippen LogP contribution is -2.02. The van der Waals surface area contributed by atoms with Crippen molar-refractivity contribution >= 4 is 30.4 Å². The van der Waals surface area contributed by atoms with E-state index in [-0.39, 0.29) is 6.61 Å². The van der Waals surface area contributed by atoms with Gasteiger partial charge in [-0.3, -0.25) is 18.3 Å². The monoisotopic (exact) mass is 413 g/mol. The highest BCUT2D eigenvalue weighted by Gasteiger charge is 2.27. The van der Waals surface area contributed by atoms with E-state index in [1.54, 1.807) is 0 Å². The Balaban J connectivity index is -0.000000266. The molecule has 0 aliphatic carbocycles. The molecule has 138 valence electrons. The number of rotatable bonds is 5. The zero-order chi connectivity index (χ0) is 18.8. The molecule has 0 saturated heterocycles. The van der Waals surface area contributed by atoms with Crippen LogP contribution in [0.15, 0.2) is 0 Å². The Kier molecular flexibility index (Phi) is 13.9. The van der Waals surface area contributed by atoms with E-state index in [0.717, 1.165) is 0 Å². The highest BCUT2D eigenvalue weighted by Crippen LogP contribution is 2.52. The summed E-state index contributed by atoms with van der Waals surface area (Å²) in [6.45, 7) is 0.472. The van der Waals surface area contributed by atoms with Gasteiger partial charge in [0.25, 0.3) is 0 Å². The molecule has 0 heterocycles. The highest BCUT2D eigenvalue weighted by molar-refractivity contribution is 7.69. The minimum absolute atomic E-state index is 0.0972. The van der Waals surface area contributed by atoms with Crippen LogP contribution in [0.1, 0.15) is 0 Å². The number of hydrogen-bond acceptors (Lipinski definition) is 6. The van der Waals surface area contributed by atoms with Crippen LogP contribution in [0, 0.1) is 0 Å². The van der Waals surface area contributed by atoms with E-state index in [0.29, 0.717) is 6.54 Å². The van der Waals surface area contributed by atoms with Crippen LogP contribution in [0.2, 0.25) is 0 Å². The quantitative estimate of drug-likeness (QED) is 0.209. The first-order valence-electron chi connectivity index (χ1n) is 4.82. The van der Waals surface area contributed by atoms with Gasteiger partial charge in [-0.1, -0.05) is 0 Å². The topological polar surface area (TPSA) is 276 Å². The predicted molar refractivity (Wildman–Crippen MR) is 74.1 cm³/mol. The Labute approximate surface area is 124 Å². The Morgan fingerprint density at radius 1 is 0.591 bits per heavy atom. The molecule has 22 heavy (non-hydrogen) atoms. The van der Waals surface area contributed by atoms with Crippen molar-refractivity contribution in [2.45, 2.75) is 0 Å². The van der Waals surface area contributed by atoms with E-state index >= 15 is 0 Å². The summed E-state index contributed by atoms with van der Waals surface area (Å²) in [6, 6.07) is 0. The normalized spacial score (nSPS) is 12.6. The Morgan fingerprint density at radius 2 is 0.727 bits per heavy atom. The van der Waals surface area contributed by atoms with E-state index in [4.69, 9.17) is 50.0 Å². The van der Waals surface area contributed by atoms with Crippen LogP contribution in [0.4, 0.5) is 0 Å². The average Bonchev–Trinajstić information content (AvgIpc) is 2.06. The summed E-state index contributed by atoms with van der Waals surface area (Å²) in [4.78, 5) is 63.8. The molecule has 0 aromatic rings. The van der Waals surface area contributed by atoms with E-state index in [1.165, 1.54) is 0 Å². The maximum Gasteiger partial charge on any atom is 0.337 e. The molecule has 0 saturated carbocycles. The van der Waals surface area contributed by atoms with Crippen LogP contribution in [0.5, 0.6) is 0 Å². The maximum atomic E-state index is 9.85. The summed E-state index contributed by atoms with van der Waals surface area (Å²) in [6.07, 6.45) is 0. The molecule has 0 unspecified atom stereocenters. The van der Waals surface area contributed by atoms with Crippen molar-refractivity contribution in [2.24, 2.45) is 5.73 Å². The number of hydrogen-bond donors (Lipinski definition) is 10. The van der Waals surface area contributed by atoms with E-state index < -0.39 is 42.2 Å². The summed E-state index contributed by atoms with van der Waals surface area (Å²) in [5.41, 5.74) is 4.78. The molecule has 0 aliphatic heterocycles. The van der Waals surface area contributed by atoms with Gasteiger partial charge in [0.05, 0.1) is 6.61 Å². The van der Waals surface area contributed by atoms with Crippen LogP contribution in [-0.4, -0.2) is 69.2 Å². The molecule has 0 fully saturated rings. The summed E-state index contributed by atoms with van der Waals surface area (Å²) >= 11 is 0. The van der Waals surface area contributed by atoms with E-state index in [1.807, 2.05) is 0 Å². The maximum absolute atomic E-state index is 9.85. The highest BCUT2D eigenvalue weighted by atomic mass is 31.2. The minimum Gasteiger partial charge on any atom is -0.395 e. The van der Waals surface area contributed by atoms with Gasteiger partial charge in [-0.25, -0.2) is 0 Å². The molecule has 0 amide bonds. The van der Waals surface area contributed by atoms with Gasteiger partial charge < -0.3 is 50.0 Å². The lowest BCUT2D eigenvalue weighted by atomic mass is 10.8. The zero-order valence-corrected chi connectivity index (χ0v) is 14.4. The van der Waals surface area contributed by atoms with Gasteiger partial charge in [0.2, 0.25) is 0 Å². The van der Waals surface area contributed by atoms with Gasteiger partial charge in [0.15, 0.2) is 11.8 Å². The fourth-order valence-electron chi connectivity index (χ4n) is 0.480. The van der Waals surface area contributed by atoms with Gasteiger partial charge in [-0.05, 0) is 0 Å². The lowest BCUT2D eigenvalue weighted by molar-refractivity contribution is 0.306. The minimum atomic E-state index is -4.55. The molecule has 0 spiro atoms. The fraction of sp³-hybridized carbons (Fsp3) is 1.00. The molecule has 0 aromatic heterocycles. The van der Waals surface area contributed by atoms with Crippen molar-refractivity contribution in [3.05, 3.63) is 0 Å². The predicted octanol–water partition coefficient (Wildman–Crippen LogP) is -2.46. The molecule has 18 heteroatoms. The molecule has 0 aromatic carbocycles. The second-order valence-corrected chi connectivity index (χ2v) is 11.0. The second-order valence-electron chi connectivity index (χ2n) is 3.45. The summed E-state index contributed by atoms with van der Waals surface area (Å²) in [7, 11) is -18.2. The molecular weight excluding hydrogens is 394 g/mol. The molecular formula is C4H19NO13P4. The molecule has 0 bridgehead atoms. The first-order valence-corrected chi connectivity index (χ1v) is 12.0. The number of aliphatic hydroxyl groups excluding tert-OH is 1. The van der Waals surface area contributed by atoms with Gasteiger partial charge in [0, 0.05) is 6.54 Å². The molecule has 0 aliphatic rings. The first-order chi connectivity index (χ1) is 9.33. The Bertz CT molecular complexity index is 382. The molecule has 11 N–H and O–H groups in total. The largest absolute Gasteiger partial charge is 0.395 e. The number of nitrogens with two attached hydrogens (primary N) is 1. The van der Waals surface area contributed by atoms with Crippen molar-refractivity contribution in [1.82, 2.24) is 0 Å². The molecule has 0 atom stereocenters. The Hall–Kier alpha value is 0.520. The van der Waals surface area contributed by atoms with Crippen LogP contribution < -0.4 is 5.73 Å². The first kappa shape index (κ1) is 27.4. The van der Waals surface area contributed by atoms with Gasteiger partial charge in [-0.2, -0.15) is 0 Å². The van der Waals surface area contributed by atoms with Crippen LogP contribution in [0.3, 0.4) is 0 Å². The third kappa shape index (κ3) is 42.8. The average molecular weight is 413 g/mol. The molecule has 14 nitrogen and oxygen atoms in total. The number of aliphatic hydroxyl groups is 1. The van der Waals surface area contributed by atoms with Gasteiger partial charge in [0.1, 0.15) is 0 Å². The molecule has 0 rings (SSSR count). The van der Waals surface area contributed by atoms with Gasteiger partial charge >= 0.3 is 30.4 Å². The lowest BCUT2D eigenvalue weighted by Gasteiger charge is -2.03. The van der Waals surface area contributed by atoms with Crippen molar-refractivity contribution in [3.8, 4) is 0 Å². The van der Waals surface area contributed by atoms with Crippen LogP contribution in [-0.2, 0) is 18.3 Å². The van der Waals surface area contributed by atoms with E-state index in [9.17, 15) is 18.3 Å². The van der Waals surface area contributed by atoms with E-state index in [2.05, 4.69) is 0 Å². The summed E-state index contributed by atoms with van der Waals surface area (Å²) in [5.74, 6) is -2.75. The van der Waals surface area contributed by atoms with Crippen molar-refractivity contribution in [1.29, 1.82) is 0 Å². The van der Waals surface area contributed by atoms with Crippen molar-refractivity contribution in [3.63, 3.8) is 0 Å². The van der Waals surface area contributed by atoms with Crippen molar-refractivity contribution in [2.75, 3.05) is 25.0 Å². The molecule has 0 radical (unpaired) electrons. The zero-order valence-electron chi connectivity index (χ0n) is 10.9. The third-order valence-electron chi connectivity index (χ3n) is 0.866. The summed E-state index contributed by atoms with van der Waals surface area (Å²) < 4.78 is 39.4. The second kappa shape index (κ2) is 11.1. The standard InChI is InChI=1S/C2H7NO.2CH6O6P2/c3-1-2-4;2*2-8(3,4)1-9(5,6)7/h4H,1-3H2;2*1H2,(H2,2,3,4)(H2,5,6,7).